The SMILES string of the molecule is C=CC(=O)OCCCC1CCC(c2ccc(C(=O)Oc3ccc(C4O[C@@H](C(=O)OCCCC)[C@H](C(=O)OCCCC)O4)cc3)cc2)CC1. The number of carbonyl (C=O) groups excluding carboxylic acids is 4. The lowest BCUT2D eigenvalue weighted by Crippen LogP contribution is -2.39. The lowest BCUT2D eigenvalue weighted by molar-refractivity contribution is -0.163. The van der Waals surface area contributed by atoms with Crippen molar-refractivity contribution < 1.29 is 47.6 Å². The van der Waals surface area contributed by atoms with Gasteiger partial charge >= 0.3 is 23.9 Å². The number of benzene rings is 2. The Morgan fingerprint density at radius 2 is 1.27 bits per heavy atom. The molecule has 1 aliphatic heterocycles. The molecule has 4 rings (SSSR count). The summed E-state index contributed by atoms with van der Waals surface area (Å²) in [4.78, 5) is 49.6. The maximum Gasteiger partial charge on any atom is 0.343 e. The quantitative estimate of drug-likeness (QED) is 0.0566. The van der Waals surface area contributed by atoms with Crippen molar-refractivity contribution in [2.75, 3.05) is 19.8 Å². The summed E-state index contributed by atoms with van der Waals surface area (Å²) >= 11 is 0. The molecule has 2 aromatic carbocycles. The van der Waals surface area contributed by atoms with E-state index in [0.717, 1.165) is 51.4 Å². The third kappa shape index (κ3) is 10.8. The minimum atomic E-state index is -1.25. The van der Waals surface area contributed by atoms with Crippen molar-refractivity contribution in [1.29, 1.82) is 0 Å². The van der Waals surface area contributed by atoms with Crippen molar-refractivity contribution in [3.8, 4) is 5.75 Å². The highest BCUT2D eigenvalue weighted by molar-refractivity contribution is 5.91. The van der Waals surface area contributed by atoms with E-state index in [4.69, 9.17) is 28.4 Å². The molecular formula is C38H48O10. The minimum Gasteiger partial charge on any atom is -0.464 e. The van der Waals surface area contributed by atoms with E-state index >= 15 is 0 Å². The summed E-state index contributed by atoms with van der Waals surface area (Å²) in [5.41, 5.74) is 2.20. The van der Waals surface area contributed by atoms with E-state index < -0.39 is 36.4 Å². The molecule has 0 bridgehead atoms. The van der Waals surface area contributed by atoms with E-state index in [0.29, 0.717) is 48.2 Å². The monoisotopic (exact) mass is 664 g/mol. The van der Waals surface area contributed by atoms with Crippen molar-refractivity contribution in [2.45, 2.75) is 102 Å². The predicted octanol–water partition coefficient (Wildman–Crippen LogP) is 7.16. The first-order valence-electron chi connectivity index (χ1n) is 17.2. The molecule has 1 aliphatic carbocycles. The van der Waals surface area contributed by atoms with Crippen LogP contribution in [0.2, 0.25) is 0 Å². The number of hydrogen-bond donors (Lipinski definition) is 0. The van der Waals surface area contributed by atoms with E-state index in [9.17, 15) is 19.2 Å². The van der Waals surface area contributed by atoms with Crippen LogP contribution in [0.15, 0.2) is 61.2 Å². The second-order valence-corrected chi connectivity index (χ2v) is 12.3. The van der Waals surface area contributed by atoms with E-state index in [1.807, 2.05) is 26.0 Å². The first kappa shape index (κ1) is 36.8. The smallest absolute Gasteiger partial charge is 0.343 e. The number of unbranched alkanes of at least 4 members (excludes halogenated alkanes) is 2. The molecule has 0 unspecified atom stereocenters. The molecule has 0 amide bonds. The molecule has 0 N–H and O–H groups in total. The molecule has 1 heterocycles. The van der Waals surface area contributed by atoms with Gasteiger partial charge in [0, 0.05) is 11.6 Å². The molecular weight excluding hydrogens is 616 g/mol. The van der Waals surface area contributed by atoms with E-state index in [-0.39, 0.29) is 19.2 Å². The lowest BCUT2D eigenvalue weighted by Gasteiger charge is -2.29. The van der Waals surface area contributed by atoms with Gasteiger partial charge in [0.2, 0.25) is 0 Å². The molecule has 1 saturated heterocycles. The Kier molecular flexibility index (Phi) is 14.6. The summed E-state index contributed by atoms with van der Waals surface area (Å²) in [5.74, 6) is -0.779. The Morgan fingerprint density at radius 3 is 1.81 bits per heavy atom. The van der Waals surface area contributed by atoms with Crippen molar-refractivity contribution >= 4 is 23.9 Å². The molecule has 48 heavy (non-hydrogen) atoms. The van der Waals surface area contributed by atoms with Crippen LogP contribution >= 0.6 is 0 Å². The topological polar surface area (TPSA) is 124 Å². The Morgan fingerprint density at radius 1 is 0.729 bits per heavy atom. The second kappa shape index (κ2) is 19.1. The fourth-order valence-electron chi connectivity index (χ4n) is 5.89. The van der Waals surface area contributed by atoms with Gasteiger partial charge in [-0.3, -0.25) is 0 Å². The average molecular weight is 665 g/mol. The third-order valence-corrected chi connectivity index (χ3v) is 8.76. The van der Waals surface area contributed by atoms with Crippen LogP contribution in [0.25, 0.3) is 0 Å². The van der Waals surface area contributed by atoms with Gasteiger partial charge in [-0.25, -0.2) is 19.2 Å². The fraction of sp³-hybridized carbons (Fsp3) is 0.526. The van der Waals surface area contributed by atoms with Gasteiger partial charge in [0.05, 0.1) is 25.4 Å². The number of esters is 4. The van der Waals surface area contributed by atoms with E-state index in [1.165, 1.54) is 11.6 Å². The van der Waals surface area contributed by atoms with Gasteiger partial charge in [0.15, 0.2) is 18.5 Å². The molecule has 0 radical (unpaired) electrons. The molecule has 0 spiro atoms. The van der Waals surface area contributed by atoms with Crippen LogP contribution < -0.4 is 4.74 Å². The zero-order valence-corrected chi connectivity index (χ0v) is 28.1. The first-order valence-corrected chi connectivity index (χ1v) is 17.2. The van der Waals surface area contributed by atoms with Crippen LogP contribution in [0.4, 0.5) is 0 Å². The zero-order chi connectivity index (χ0) is 34.3. The highest BCUT2D eigenvalue weighted by Gasteiger charge is 2.47. The van der Waals surface area contributed by atoms with Gasteiger partial charge in [-0.1, -0.05) is 57.5 Å². The van der Waals surface area contributed by atoms with Crippen LogP contribution in [0.3, 0.4) is 0 Å². The van der Waals surface area contributed by atoms with Crippen molar-refractivity contribution in [2.24, 2.45) is 5.92 Å². The summed E-state index contributed by atoms with van der Waals surface area (Å²) in [6, 6.07) is 14.1. The summed E-state index contributed by atoms with van der Waals surface area (Å²) < 4.78 is 33.0. The van der Waals surface area contributed by atoms with Gasteiger partial charge in [0.1, 0.15) is 5.75 Å². The van der Waals surface area contributed by atoms with Crippen molar-refractivity contribution in [1.82, 2.24) is 0 Å². The van der Waals surface area contributed by atoms with Crippen molar-refractivity contribution in [3.05, 3.63) is 77.9 Å². The predicted molar refractivity (Wildman–Crippen MR) is 177 cm³/mol. The average Bonchev–Trinajstić information content (AvgIpc) is 3.57. The molecule has 2 aliphatic rings. The van der Waals surface area contributed by atoms with Gasteiger partial charge in [0.25, 0.3) is 0 Å². The molecule has 10 nitrogen and oxygen atoms in total. The highest BCUT2D eigenvalue weighted by atomic mass is 16.8. The lowest BCUT2D eigenvalue weighted by atomic mass is 9.77. The minimum absolute atomic E-state index is 0.223. The highest BCUT2D eigenvalue weighted by Crippen LogP contribution is 2.38. The maximum atomic E-state index is 12.9. The van der Waals surface area contributed by atoms with Gasteiger partial charge in [-0.15, -0.1) is 0 Å². The number of carbonyl (C=O) groups is 4. The normalized spacial score (nSPS) is 20.9. The summed E-state index contributed by atoms with van der Waals surface area (Å²) in [5, 5.41) is 0. The van der Waals surface area contributed by atoms with E-state index in [1.54, 1.807) is 36.4 Å². The molecule has 0 aromatic heterocycles. The Bertz CT molecular complexity index is 1310. The molecule has 2 atom stereocenters. The van der Waals surface area contributed by atoms with Gasteiger partial charge in [-0.05, 0) is 93.0 Å². The summed E-state index contributed by atoms with van der Waals surface area (Å²) in [6.45, 7) is 8.26. The van der Waals surface area contributed by atoms with Crippen molar-refractivity contribution in [3.63, 3.8) is 0 Å². The van der Waals surface area contributed by atoms with Crippen LogP contribution in [0, 0.1) is 5.92 Å². The molecule has 1 saturated carbocycles. The van der Waals surface area contributed by atoms with E-state index in [2.05, 4.69) is 6.58 Å². The fourth-order valence-corrected chi connectivity index (χ4v) is 5.89. The molecule has 2 aromatic rings. The van der Waals surface area contributed by atoms with Gasteiger partial charge < -0.3 is 28.4 Å². The first-order chi connectivity index (χ1) is 23.3. The Labute approximate surface area is 283 Å². The Balaban J connectivity index is 1.27. The standard InChI is InChI=1S/C38H48O10/c1-4-7-23-44-36(41)33-34(37(42)45-24-8-5-2)48-38(47-33)30-19-21-31(22-20-30)46-35(40)29-17-15-28(16-18-29)27-13-11-26(12-14-27)10-9-25-43-32(39)6-3/h6,15-22,26-27,33-34,38H,3-5,7-14,23-25H2,1-2H3/t26?,27?,33-,34-/m1/s1. The largest absolute Gasteiger partial charge is 0.464 e. The summed E-state index contributed by atoms with van der Waals surface area (Å²) in [7, 11) is 0. The summed E-state index contributed by atoms with van der Waals surface area (Å²) in [6.07, 6.45) is 7.11. The van der Waals surface area contributed by atoms with Gasteiger partial charge in [-0.2, -0.15) is 0 Å². The molecule has 260 valence electrons. The molecule has 10 heteroatoms. The zero-order valence-electron chi connectivity index (χ0n) is 28.1. The van der Waals surface area contributed by atoms with Crippen LogP contribution in [-0.4, -0.2) is 55.9 Å². The second-order valence-electron chi connectivity index (χ2n) is 12.3. The van der Waals surface area contributed by atoms with Crippen LogP contribution in [0.5, 0.6) is 5.75 Å². The van der Waals surface area contributed by atoms with Crippen LogP contribution in [0.1, 0.15) is 112 Å². The molecule has 2 fully saturated rings. The number of rotatable bonds is 17. The maximum absolute atomic E-state index is 12.9. The number of ether oxygens (including phenoxy) is 6. The van der Waals surface area contributed by atoms with Crippen LogP contribution in [-0.2, 0) is 38.1 Å². The number of hydrogen-bond acceptors (Lipinski definition) is 10. The third-order valence-electron chi connectivity index (χ3n) is 8.76. The Hall–Kier alpha value is -4.02.